The Hall–Kier alpha value is -1.99. The van der Waals surface area contributed by atoms with E-state index in [1.165, 1.54) is 6.20 Å². The number of pyridine rings is 1. The van der Waals surface area contributed by atoms with E-state index in [2.05, 4.69) is 4.98 Å². The van der Waals surface area contributed by atoms with Crippen molar-refractivity contribution in [3.63, 3.8) is 0 Å². The Morgan fingerprint density at radius 3 is 2.58 bits per heavy atom. The predicted octanol–water partition coefficient (Wildman–Crippen LogP) is 3.55. The third-order valence-electron chi connectivity index (χ3n) is 3.82. The third kappa shape index (κ3) is 4.52. The standard InChI is InChI=1S/C16H22F3N3O2/c1-15(2,3)24-14(23)22-6-5-12(10-22)21(4)13-7-11(8-20-9-13)16(17,18)19/h7-9,12H,5-6,10H2,1-4H3/t12-/m1/s1. The summed E-state index contributed by atoms with van der Waals surface area (Å²) in [5, 5.41) is 0. The monoisotopic (exact) mass is 345 g/mol. The molecule has 134 valence electrons. The van der Waals surface area contributed by atoms with Crippen molar-refractivity contribution >= 4 is 11.8 Å². The van der Waals surface area contributed by atoms with Crippen LogP contribution in [0, 0.1) is 0 Å². The van der Waals surface area contributed by atoms with Gasteiger partial charge in [0.25, 0.3) is 0 Å². The highest BCUT2D eigenvalue weighted by molar-refractivity contribution is 5.68. The molecule has 8 heteroatoms. The van der Waals surface area contributed by atoms with Gasteiger partial charge in [0.1, 0.15) is 5.60 Å². The number of nitrogens with zero attached hydrogens (tertiary/aromatic N) is 3. The first-order valence-corrected chi connectivity index (χ1v) is 7.70. The second kappa shape index (κ2) is 6.49. The summed E-state index contributed by atoms with van der Waals surface area (Å²) in [6, 6.07) is 0.992. The van der Waals surface area contributed by atoms with E-state index < -0.39 is 23.4 Å². The molecule has 0 spiro atoms. The molecule has 2 rings (SSSR count). The van der Waals surface area contributed by atoms with Gasteiger partial charge in [-0.15, -0.1) is 0 Å². The fourth-order valence-electron chi connectivity index (χ4n) is 2.54. The molecule has 1 aliphatic heterocycles. The molecular formula is C16H22F3N3O2. The molecule has 1 amide bonds. The molecule has 0 aliphatic carbocycles. The first kappa shape index (κ1) is 18.4. The number of ether oxygens (including phenoxy) is 1. The molecule has 1 aliphatic rings. The summed E-state index contributed by atoms with van der Waals surface area (Å²) >= 11 is 0. The Bertz CT molecular complexity index is 599. The molecule has 1 atom stereocenters. The van der Waals surface area contributed by atoms with Crippen molar-refractivity contribution in [1.82, 2.24) is 9.88 Å². The molecule has 1 saturated heterocycles. The van der Waals surface area contributed by atoms with Crippen LogP contribution in [0.15, 0.2) is 18.5 Å². The molecular weight excluding hydrogens is 323 g/mol. The van der Waals surface area contributed by atoms with E-state index in [-0.39, 0.29) is 6.04 Å². The normalized spacial score (nSPS) is 18.6. The lowest BCUT2D eigenvalue weighted by Crippen LogP contribution is -2.39. The summed E-state index contributed by atoms with van der Waals surface area (Å²) in [5.74, 6) is 0. The van der Waals surface area contributed by atoms with Crippen LogP contribution in [0.2, 0.25) is 0 Å². The van der Waals surface area contributed by atoms with Gasteiger partial charge in [0, 0.05) is 32.4 Å². The number of carbonyl (C=O) groups excluding carboxylic acids is 1. The minimum Gasteiger partial charge on any atom is -0.444 e. The van der Waals surface area contributed by atoms with Gasteiger partial charge in [0.15, 0.2) is 0 Å². The number of halogens is 3. The van der Waals surface area contributed by atoms with Crippen LogP contribution in [0.25, 0.3) is 0 Å². The van der Waals surface area contributed by atoms with Crippen molar-refractivity contribution in [3.8, 4) is 0 Å². The van der Waals surface area contributed by atoms with Crippen molar-refractivity contribution in [2.45, 2.75) is 45.0 Å². The number of likely N-dealkylation sites (N-methyl/N-ethyl adjacent to an activating group) is 1. The summed E-state index contributed by atoms with van der Waals surface area (Å²) < 4.78 is 43.7. The Balaban J connectivity index is 2.04. The second-order valence-electron chi connectivity index (χ2n) is 6.91. The number of amides is 1. The summed E-state index contributed by atoms with van der Waals surface area (Å²) in [7, 11) is 1.71. The molecule has 5 nitrogen and oxygen atoms in total. The Morgan fingerprint density at radius 2 is 2.00 bits per heavy atom. The van der Waals surface area contributed by atoms with Gasteiger partial charge in [-0.05, 0) is 33.3 Å². The lowest BCUT2D eigenvalue weighted by Gasteiger charge is -2.28. The Morgan fingerprint density at radius 1 is 1.33 bits per heavy atom. The number of aromatic nitrogens is 1. The highest BCUT2D eigenvalue weighted by Crippen LogP contribution is 2.31. The van der Waals surface area contributed by atoms with Gasteiger partial charge in [-0.2, -0.15) is 13.2 Å². The highest BCUT2D eigenvalue weighted by Gasteiger charge is 2.34. The minimum absolute atomic E-state index is 0.0807. The van der Waals surface area contributed by atoms with E-state index in [1.807, 2.05) is 0 Å². The average Bonchev–Trinajstić information content (AvgIpc) is 2.94. The molecule has 24 heavy (non-hydrogen) atoms. The topological polar surface area (TPSA) is 45.7 Å². The predicted molar refractivity (Wildman–Crippen MR) is 83.9 cm³/mol. The number of hydrogen-bond acceptors (Lipinski definition) is 4. The van der Waals surface area contributed by atoms with Crippen LogP contribution in [0.1, 0.15) is 32.8 Å². The Kier molecular flexibility index (Phi) is 4.96. The highest BCUT2D eigenvalue weighted by atomic mass is 19.4. The molecule has 0 radical (unpaired) electrons. The smallest absolute Gasteiger partial charge is 0.417 e. The van der Waals surface area contributed by atoms with Crippen LogP contribution in [-0.4, -0.2) is 47.8 Å². The van der Waals surface area contributed by atoms with Gasteiger partial charge in [-0.1, -0.05) is 0 Å². The van der Waals surface area contributed by atoms with Crippen LogP contribution in [0.4, 0.5) is 23.7 Å². The van der Waals surface area contributed by atoms with Crippen LogP contribution in [0.5, 0.6) is 0 Å². The van der Waals surface area contributed by atoms with E-state index in [9.17, 15) is 18.0 Å². The molecule has 0 unspecified atom stereocenters. The minimum atomic E-state index is -4.43. The molecule has 0 N–H and O–H groups in total. The van der Waals surface area contributed by atoms with Gasteiger partial charge < -0.3 is 14.5 Å². The van der Waals surface area contributed by atoms with Gasteiger partial charge in [0.2, 0.25) is 0 Å². The van der Waals surface area contributed by atoms with Gasteiger partial charge >= 0.3 is 12.3 Å². The van der Waals surface area contributed by atoms with E-state index in [1.54, 1.807) is 37.6 Å². The van der Waals surface area contributed by atoms with Crippen molar-refractivity contribution in [3.05, 3.63) is 24.0 Å². The Labute approximate surface area is 139 Å². The summed E-state index contributed by atoms with van der Waals surface area (Å²) in [6.07, 6.45) is -1.97. The lowest BCUT2D eigenvalue weighted by molar-refractivity contribution is -0.137. The number of carbonyl (C=O) groups is 1. The van der Waals surface area contributed by atoms with Gasteiger partial charge in [-0.3, -0.25) is 4.98 Å². The maximum absolute atomic E-state index is 12.8. The SMILES string of the molecule is CN(c1cncc(C(F)(F)F)c1)[C@@H]1CCN(C(=O)OC(C)(C)C)C1. The fraction of sp³-hybridized carbons (Fsp3) is 0.625. The van der Waals surface area contributed by atoms with Gasteiger partial charge in [0.05, 0.1) is 17.4 Å². The number of likely N-dealkylation sites (tertiary alicyclic amines) is 1. The molecule has 1 aromatic rings. The number of hydrogen-bond donors (Lipinski definition) is 0. The van der Waals surface area contributed by atoms with Crippen LogP contribution in [0.3, 0.4) is 0 Å². The first-order valence-electron chi connectivity index (χ1n) is 7.70. The molecule has 0 saturated carbocycles. The van der Waals surface area contributed by atoms with Crippen molar-refractivity contribution < 1.29 is 22.7 Å². The van der Waals surface area contributed by atoms with Crippen molar-refractivity contribution in [2.24, 2.45) is 0 Å². The van der Waals surface area contributed by atoms with Crippen molar-refractivity contribution in [2.75, 3.05) is 25.0 Å². The van der Waals surface area contributed by atoms with Crippen LogP contribution in [-0.2, 0) is 10.9 Å². The van der Waals surface area contributed by atoms with E-state index >= 15 is 0 Å². The number of rotatable bonds is 2. The second-order valence-corrected chi connectivity index (χ2v) is 6.91. The molecule has 0 aromatic carbocycles. The number of anilines is 1. The van der Waals surface area contributed by atoms with Crippen LogP contribution < -0.4 is 4.90 Å². The largest absolute Gasteiger partial charge is 0.444 e. The summed E-state index contributed by atoms with van der Waals surface area (Å²) in [4.78, 5) is 19.1. The maximum Gasteiger partial charge on any atom is 0.417 e. The zero-order valence-corrected chi connectivity index (χ0v) is 14.2. The van der Waals surface area contributed by atoms with E-state index in [0.717, 1.165) is 12.3 Å². The van der Waals surface area contributed by atoms with E-state index in [4.69, 9.17) is 4.74 Å². The zero-order chi connectivity index (χ0) is 18.1. The molecule has 1 fully saturated rings. The average molecular weight is 345 g/mol. The molecule has 2 heterocycles. The molecule has 0 bridgehead atoms. The lowest BCUT2D eigenvalue weighted by atomic mass is 10.2. The molecule has 1 aromatic heterocycles. The van der Waals surface area contributed by atoms with Gasteiger partial charge in [-0.25, -0.2) is 4.79 Å². The van der Waals surface area contributed by atoms with Crippen molar-refractivity contribution in [1.29, 1.82) is 0 Å². The summed E-state index contributed by atoms with van der Waals surface area (Å²) in [5.41, 5.74) is -0.985. The first-order chi connectivity index (χ1) is 11.0. The number of alkyl halides is 3. The zero-order valence-electron chi connectivity index (χ0n) is 14.2. The fourth-order valence-corrected chi connectivity index (χ4v) is 2.54. The van der Waals surface area contributed by atoms with E-state index in [0.29, 0.717) is 25.2 Å². The quantitative estimate of drug-likeness (QED) is 0.822. The van der Waals surface area contributed by atoms with Crippen LogP contribution >= 0.6 is 0 Å². The summed E-state index contributed by atoms with van der Waals surface area (Å²) in [6.45, 7) is 6.29. The third-order valence-corrected chi connectivity index (χ3v) is 3.82. The maximum atomic E-state index is 12.8.